The summed E-state index contributed by atoms with van der Waals surface area (Å²) in [6, 6.07) is 1.50. The number of aromatic nitrogens is 7. The number of hydrogen-bond acceptors (Lipinski definition) is 10. The van der Waals surface area contributed by atoms with Gasteiger partial charge in [-0.25, -0.2) is 32.2 Å². The van der Waals surface area contributed by atoms with Crippen LogP contribution in [0.5, 0.6) is 0 Å². The molecule has 1 saturated carbocycles. The lowest BCUT2D eigenvalue weighted by Crippen LogP contribution is -2.52. The van der Waals surface area contributed by atoms with E-state index in [1.54, 1.807) is 30.2 Å². The number of alkyl halides is 2. The summed E-state index contributed by atoms with van der Waals surface area (Å²) in [5, 5.41) is 23.5. The number of aryl methyl sites for hydroxylation is 1. The summed E-state index contributed by atoms with van der Waals surface area (Å²) in [4.78, 5) is 13.0. The van der Waals surface area contributed by atoms with E-state index in [0.717, 1.165) is 4.09 Å². The first kappa shape index (κ1) is 26.9. The number of nitrogens with one attached hydrogen (secondary N) is 2. The molecule has 6 rings (SSSR count). The fourth-order valence-corrected chi connectivity index (χ4v) is 5.96. The van der Waals surface area contributed by atoms with Gasteiger partial charge in [-0.15, -0.1) is 0 Å². The number of anilines is 2. The van der Waals surface area contributed by atoms with E-state index in [9.17, 15) is 13.5 Å². The number of aliphatic hydroxyl groups excluding tert-OH is 1. The van der Waals surface area contributed by atoms with E-state index < -0.39 is 33.3 Å². The third-order valence-electron chi connectivity index (χ3n) is 6.83. The largest absolute Gasteiger partial charge is 0.387 e. The quantitative estimate of drug-likeness (QED) is 0.288. The lowest BCUT2D eigenvalue weighted by molar-refractivity contribution is -0.150. The van der Waals surface area contributed by atoms with Gasteiger partial charge in [-0.3, -0.25) is 4.68 Å². The summed E-state index contributed by atoms with van der Waals surface area (Å²) < 4.78 is 57.8. The molecule has 1 aliphatic carbocycles. The Kier molecular flexibility index (Phi) is 6.76. The van der Waals surface area contributed by atoms with Crippen LogP contribution in [-0.4, -0.2) is 71.3 Å². The molecule has 1 saturated heterocycles. The smallest absolute Gasteiger partial charge is 0.292 e. The van der Waals surface area contributed by atoms with Gasteiger partial charge in [0.25, 0.3) is 15.9 Å². The predicted molar refractivity (Wildman–Crippen MR) is 144 cm³/mol. The summed E-state index contributed by atoms with van der Waals surface area (Å²) >= 11 is 0. The first-order valence-corrected chi connectivity index (χ1v) is 14.3. The number of halogens is 2. The molecule has 5 heterocycles. The number of aliphatic hydroxyl groups is 1. The second kappa shape index (κ2) is 10.3. The molecule has 15 heteroatoms. The maximum absolute atomic E-state index is 15.1. The summed E-state index contributed by atoms with van der Waals surface area (Å²) in [6.45, 7) is 0.196. The van der Waals surface area contributed by atoms with Crippen molar-refractivity contribution in [1.29, 1.82) is 0 Å². The summed E-state index contributed by atoms with van der Waals surface area (Å²) in [6.07, 6.45) is 8.16. The van der Waals surface area contributed by atoms with Crippen molar-refractivity contribution < 1.29 is 22.3 Å². The number of piperidine rings is 1. The van der Waals surface area contributed by atoms with Crippen molar-refractivity contribution >= 4 is 21.7 Å². The van der Waals surface area contributed by atoms with E-state index in [4.69, 9.17) is 0 Å². The minimum absolute atomic E-state index is 0.0847. The Morgan fingerprint density at radius 1 is 1.10 bits per heavy atom. The number of hydrogen-bond donors (Lipinski definition) is 3. The van der Waals surface area contributed by atoms with Gasteiger partial charge in [0.1, 0.15) is 23.8 Å². The third-order valence-corrected chi connectivity index (χ3v) is 8.86. The highest BCUT2D eigenvalue weighted by Crippen LogP contribution is 2.40. The second-order valence-corrected chi connectivity index (χ2v) is 12.0. The van der Waals surface area contributed by atoms with Gasteiger partial charge < -0.3 is 15.7 Å². The molecule has 4 aromatic rings. The van der Waals surface area contributed by atoms with Crippen molar-refractivity contribution in [2.45, 2.75) is 42.6 Å². The molecule has 0 aromatic carbocycles. The molecule has 2 aliphatic rings. The standard InChI is InChI=1S/C26H25F2N9O3S/c1-36-14-16(11-32-36)2-3-17-12-31-23(10-20(17)24-26(27,28)21(38)6-8-29-24)34-22-7-9-30-25(35-22)18-13-33-37(15-18)41(39,40)19-4-5-19/h7,9-15,19,21,24,29,38H,4-6,8H2,1H3,(H,30,31,34,35). The van der Waals surface area contributed by atoms with Crippen LogP contribution in [0.25, 0.3) is 11.4 Å². The molecule has 4 aromatic heterocycles. The fraction of sp³-hybridized carbons (Fsp3) is 0.346. The Morgan fingerprint density at radius 2 is 1.93 bits per heavy atom. The van der Waals surface area contributed by atoms with Crippen LogP contribution in [0.1, 0.15) is 42.0 Å². The topological polar surface area (TPSA) is 153 Å². The number of nitrogens with zero attached hydrogens (tertiary/aromatic N) is 7. The molecule has 0 bridgehead atoms. The molecule has 212 valence electrons. The van der Waals surface area contributed by atoms with Gasteiger partial charge in [-0.05, 0) is 43.5 Å². The molecular weight excluding hydrogens is 556 g/mol. The minimum Gasteiger partial charge on any atom is -0.387 e. The number of rotatable bonds is 6. The maximum Gasteiger partial charge on any atom is 0.292 e. The molecular formula is C26H25F2N9O3S. The first-order chi connectivity index (χ1) is 19.6. The average molecular weight is 582 g/mol. The van der Waals surface area contributed by atoms with Crippen molar-refractivity contribution in [1.82, 2.24) is 39.2 Å². The number of pyridine rings is 1. The summed E-state index contributed by atoms with van der Waals surface area (Å²) in [5.41, 5.74) is 1.42. The Bertz CT molecular complexity index is 1770. The molecule has 3 N–H and O–H groups in total. The molecule has 2 atom stereocenters. The molecule has 0 amide bonds. The van der Waals surface area contributed by atoms with E-state index in [-0.39, 0.29) is 35.7 Å². The van der Waals surface area contributed by atoms with E-state index in [1.807, 2.05) is 0 Å². The first-order valence-electron chi connectivity index (χ1n) is 12.8. The monoisotopic (exact) mass is 581 g/mol. The lowest BCUT2D eigenvalue weighted by Gasteiger charge is -2.36. The van der Waals surface area contributed by atoms with Gasteiger partial charge >= 0.3 is 0 Å². The molecule has 12 nitrogen and oxygen atoms in total. The molecule has 41 heavy (non-hydrogen) atoms. The summed E-state index contributed by atoms with van der Waals surface area (Å²) in [5.74, 6) is 3.09. The summed E-state index contributed by atoms with van der Waals surface area (Å²) in [7, 11) is -1.80. The highest BCUT2D eigenvalue weighted by atomic mass is 32.2. The van der Waals surface area contributed by atoms with Crippen LogP contribution in [0.3, 0.4) is 0 Å². The van der Waals surface area contributed by atoms with Crippen molar-refractivity contribution in [3.8, 4) is 23.2 Å². The van der Waals surface area contributed by atoms with Gasteiger partial charge in [0.2, 0.25) is 0 Å². The van der Waals surface area contributed by atoms with Gasteiger partial charge in [-0.2, -0.15) is 14.3 Å². The Morgan fingerprint density at radius 3 is 2.68 bits per heavy atom. The average Bonchev–Trinajstić information content (AvgIpc) is 3.55. The zero-order chi connectivity index (χ0) is 28.8. The minimum atomic E-state index is -3.54. The molecule has 2 fully saturated rings. The highest BCUT2D eigenvalue weighted by Gasteiger charge is 2.50. The van der Waals surface area contributed by atoms with Crippen LogP contribution in [-0.2, 0) is 17.1 Å². The van der Waals surface area contributed by atoms with Crippen molar-refractivity contribution in [2.75, 3.05) is 11.9 Å². The van der Waals surface area contributed by atoms with E-state index in [1.165, 1.54) is 30.9 Å². The molecule has 1 aliphatic heterocycles. The zero-order valence-corrected chi connectivity index (χ0v) is 22.6. The SMILES string of the molecule is Cn1cc(C#Cc2cnc(Nc3ccnc(-c4cnn(S(=O)(=O)C5CC5)c4)n3)cc2C2NCCC(O)C2(F)F)cn1. The zero-order valence-electron chi connectivity index (χ0n) is 21.7. The van der Waals surface area contributed by atoms with Crippen LogP contribution in [0.2, 0.25) is 0 Å². The molecule has 0 radical (unpaired) electrons. The lowest BCUT2D eigenvalue weighted by atomic mass is 9.89. The van der Waals surface area contributed by atoms with E-state index >= 15 is 8.78 Å². The maximum atomic E-state index is 15.1. The highest BCUT2D eigenvalue weighted by molar-refractivity contribution is 7.90. The van der Waals surface area contributed by atoms with Crippen LogP contribution in [0.4, 0.5) is 20.4 Å². The van der Waals surface area contributed by atoms with E-state index in [0.29, 0.717) is 29.8 Å². The van der Waals surface area contributed by atoms with E-state index in [2.05, 4.69) is 47.6 Å². The van der Waals surface area contributed by atoms with Crippen LogP contribution >= 0.6 is 0 Å². The normalized spacial score (nSPS) is 20.3. The van der Waals surface area contributed by atoms with Crippen LogP contribution in [0.15, 0.2) is 49.3 Å². The Labute approximate surface area is 233 Å². The second-order valence-electron chi connectivity index (χ2n) is 9.91. The third kappa shape index (κ3) is 5.41. The van der Waals surface area contributed by atoms with Crippen molar-refractivity contribution in [3.63, 3.8) is 0 Å². The predicted octanol–water partition coefficient (Wildman–Crippen LogP) is 1.98. The van der Waals surface area contributed by atoms with Crippen LogP contribution < -0.4 is 10.6 Å². The van der Waals surface area contributed by atoms with Crippen molar-refractivity contribution in [2.24, 2.45) is 7.05 Å². The molecule has 2 unspecified atom stereocenters. The van der Waals surface area contributed by atoms with Gasteiger partial charge in [-0.1, -0.05) is 11.8 Å². The van der Waals surface area contributed by atoms with Gasteiger partial charge in [0.05, 0.1) is 35.0 Å². The van der Waals surface area contributed by atoms with Crippen molar-refractivity contribution in [3.05, 3.63) is 66.0 Å². The van der Waals surface area contributed by atoms with Crippen LogP contribution in [0, 0.1) is 11.8 Å². The molecule has 0 spiro atoms. The Balaban J connectivity index is 1.31. The fourth-order valence-electron chi connectivity index (χ4n) is 4.49. The van der Waals surface area contributed by atoms with Gasteiger partial charge in [0.15, 0.2) is 5.82 Å². The van der Waals surface area contributed by atoms with Gasteiger partial charge in [0, 0.05) is 31.2 Å². The Hall–Kier alpha value is -4.26.